The van der Waals surface area contributed by atoms with E-state index in [1.165, 1.54) is 0 Å². The summed E-state index contributed by atoms with van der Waals surface area (Å²) >= 11 is 6.06. The van der Waals surface area contributed by atoms with Gasteiger partial charge in [-0.05, 0) is 48.4 Å². The Bertz CT molecular complexity index is 1240. The highest BCUT2D eigenvalue weighted by Crippen LogP contribution is 2.36. The van der Waals surface area contributed by atoms with Crippen LogP contribution in [0.15, 0.2) is 60.1 Å². The quantitative estimate of drug-likeness (QED) is 0.386. The number of nitrogens with zero attached hydrogens (tertiary/aromatic N) is 3. The molecule has 3 aliphatic heterocycles. The fourth-order valence-corrected chi connectivity index (χ4v) is 5.18. The Labute approximate surface area is 227 Å². The molecule has 0 unspecified atom stereocenters. The van der Waals surface area contributed by atoms with E-state index in [9.17, 15) is 4.79 Å². The lowest BCUT2D eigenvalue weighted by Crippen LogP contribution is -2.56. The lowest BCUT2D eigenvalue weighted by Gasteiger charge is -2.45. The highest BCUT2D eigenvalue weighted by molar-refractivity contribution is 7.39. The highest BCUT2D eigenvalue weighted by atomic mass is 35.5. The van der Waals surface area contributed by atoms with Crippen LogP contribution in [0.25, 0.3) is 6.08 Å². The number of hydrogen-bond acceptors (Lipinski definition) is 9. The Balaban J connectivity index is 1.35. The first-order valence-electron chi connectivity index (χ1n) is 12.0. The van der Waals surface area contributed by atoms with Crippen molar-refractivity contribution in [3.8, 4) is 5.75 Å². The molecule has 0 spiro atoms. The van der Waals surface area contributed by atoms with Gasteiger partial charge in [-0.15, -0.1) is 0 Å². The monoisotopic (exact) mass is 561 g/mol. The number of benzene rings is 2. The lowest BCUT2D eigenvalue weighted by molar-refractivity contribution is -0.157. The molecule has 2 saturated heterocycles. The maximum atomic E-state index is 13.6. The van der Waals surface area contributed by atoms with Gasteiger partial charge in [-0.3, -0.25) is 9.32 Å². The van der Waals surface area contributed by atoms with E-state index in [1.54, 1.807) is 13.2 Å². The van der Waals surface area contributed by atoms with Gasteiger partial charge in [0.25, 0.3) is 5.91 Å². The predicted octanol–water partition coefficient (Wildman–Crippen LogP) is 3.81. The summed E-state index contributed by atoms with van der Waals surface area (Å²) in [7, 11) is -0.838. The minimum atomic E-state index is -2.43. The molecule has 0 radical (unpaired) electrons. The number of carbonyl (C=O) groups excluding carboxylic acids is 1. The molecule has 3 heterocycles. The Morgan fingerprint density at radius 2 is 1.95 bits per heavy atom. The average Bonchev–Trinajstić information content (AvgIpc) is 3.29. The van der Waals surface area contributed by atoms with Gasteiger partial charge < -0.3 is 38.7 Å². The zero-order chi connectivity index (χ0) is 26.8. The van der Waals surface area contributed by atoms with Gasteiger partial charge in [0.2, 0.25) is 0 Å². The van der Waals surface area contributed by atoms with Crippen molar-refractivity contribution in [2.24, 2.45) is 0 Å². The first-order chi connectivity index (χ1) is 18.3. The van der Waals surface area contributed by atoms with Gasteiger partial charge >= 0.3 is 8.60 Å². The summed E-state index contributed by atoms with van der Waals surface area (Å²) in [5.74, 6) is 0.694. The first-order valence-corrected chi connectivity index (χ1v) is 13.6. The Kier molecular flexibility index (Phi) is 8.09. The van der Waals surface area contributed by atoms with E-state index in [4.69, 9.17) is 40.1 Å². The van der Waals surface area contributed by atoms with E-state index in [2.05, 4.69) is 0 Å². The average molecular weight is 562 g/mol. The molecule has 0 bridgehead atoms. The van der Waals surface area contributed by atoms with Crippen molar-refractivity contribution in [1.29, 1.82) is 0 Å². The zero-order valence-electron chi connectivity index (χ0n) is 21.0. The van der Waals surface area contributed by atoms with Crippen molar-refractivity contribution >= 4 is 37.9 Å². The van der Waals surface area contributed by atoms with Crippen LogP contribution in [0.2, 0.25) is 5.02 Å². The summed E-state index contributed by atoms with van der Waals surface area (Å²) < 4.78 is 22.3. The predicted molar refractivity (Wildman–Crippen MR) is 143 cm³/mol. The van der Waals surface area contributed by atoms with Gasteiger partial charge in [-0.25, -0.2) is 0 Å². The van der Waals surface area contributed by atoms with Crippen LogP contribution < -0.4 is 9.64 Å². The minimum Gasteiger partial charge on any atom is -0.495 e. The van der Waals surface area contributed by atoms with E-state index in [1.807, 2.05) is 70.3 Å². The lowest BCUT2D eigenvalue weighted by atomic mass is 10.0. The Morgan fingerprint density at radius 3 is 2.68 bits per heavy atom. The summed E-state index contributed by atoms with van der Waals surface area (Å²) in [5, 5.41) is 0.638. The second-order valence-electron chi connectivity index (χ2n) is 9.15. The fourth-order valence-electron chi connectivity index (χ4n) is 4.81. The molecule has 12 heteroatoms. The summed E-state index contributed by atoms with van der Waals surface area (Å²) in [5.41, 5.74) is 3.45. The second kappa shape index (κ2) is 11.5. The molecule has 202 valence electrons. The fraction of sp³-hybridized carbons (Fsp3) is 0.346. The third kappa shape index (κ3) is 5.61. The van der Waals surface area contributed by atoms with Crippen LogP contribution in [0.4, 0.5) is 5.69 Å². The topological polar surface area (TPSA) is 104 Å². The molecule has 3 aliphatic rings. The standard InChI is InChI=1S/C26H29ClN3O7P/c1-17-11-28(15-29(17)16-37-38(32)33)22-8-3-18(9-24(22)34-2)10-25-26(31)30-21(13-36-25)12-35-14-23(30)19-4-6-20(27)7-5-19/h3-11,21,23,32-33H,12-16H2,1-2H3/b25-10-/t21-,23+/m1/s1. The maximum absolute atomic E-state index is 13.6. The number of fused-ring (bicyclic) bond motifs is 1. The number of methoxy groups -OCH3 is 1. The number of hydrogen-bond donors (Lipinski definition) is 2. The molecule has 2 atom stereocenters. The van der Waals surface area contributed by atoms with Crippen LogP contribution in [0.3, 0.4) is 0 Å². The third-order valence-electron chi connectivity index (χ3n) is 6.75. The van der Waals surface area contributed by atoms with Crippen LogP contribution in [-0.4, -0.2) is 71.9 Å². The molecule has 1 amide bonds. The molecule has 0 aromatic heterocycles. The Morgan fingerprint density at radius 1 is 1.16 bits per heavy atom. The van der Waals surface area contributed by atoms with Crippen molar-refractivity contribution < 1.29 is 33.3 Å². The van der Waals surface area contributed by atoms with Crippen molar-refractivity contribution in [3.63, 3.8) is 0 Å². The molecular weight excluding hydrogens is 533 g/mol. The van der Waals surface area contributed by atoms with E-state index in [-0.39, 0.29) is 30.5 Å². The molecule has 5 rings (SSSR count). The molecule has 2 aromatic rings. The molecule has 2 fully saturated rings. The molecule has 0 saturated carbocycles. The van der Waals surface area contributed by atoms with Crippen molar-refractivity contribution in [2.45, 2.75) is 19.0 Å². The number of anilines is 1. The molecule has 38 heavy (non-hydrogen) atoms. The largest absolute Gasteiger partial charge is 0.495 e. The van der Waals surface area contributed by atoms with Gasteiger partial charge in [-0.2, -0.15) is 0 Å². The second-order valence-corrected chi connectivity index (χ2v) is 10.4. The smallest absolute Gasteiger partial charge is 0.328 e. The number of carbonyl (C=O) groups is 1. The molecule has 0 aliphatic carbocycles. The van der Waals surface area contributed by atoms with Crippen LogP contribution in [0, 0.1) is 0 Å². The zero-order valence-corrected chi connectivity index (χ0v) is 22.6. The van der Waals surface area contributed by atoms with E-state index in [0.29, 0.717) is 37.3 Å². The van der Waals surface area contributed by atoms with Crippen molar-refractivity contribution in [2.75, 3.05) is 45.2 Å². The molecule has 2 aromatic carbocycles. The summed E-state index contributed by atoms with van der Waals surface area (Å²) in [4.78, 5) is 37.4. The number of rotatable bonds is 7. The van der Waals surface area contributed by atoms with Crippen molar-refractivity contribution in [3.05, 3.63) is 76.3 Å². The summed E-state index contributed by atoms with van der Waals surface area (Å²) in [6, 6.07) is 12.7. The van der Waals surface area contributed by atoms with Crippen LogP contribution in [-0.2, 0) is 18.8 Å². The minimum absolute atomic E-state index is 0.0586. The number of morpholine rings is 2. The molecular formula is C26H29ClN3O7P. The number of halogens is 1. The van der Waals surface area contributed by atoms with Gasteiger partial charge in [0, 0.05) is 16.9 Å². The van der Waals surface area contributed by atoms with Gasteiger partial charge in [0.1, 0.15) is 19.1 Å². The SMILES string of the molecule is COc1cc(/C=C2\OC[C@H]3COC[C@@H](c4ccc(Cl)cc4)N3C2=O)ccc1N1C=C(C)N(COP(O)O)C1. The van der Waals surface area contributed by atoms with Gasteiger partial charge in [0.15, 0.2) is 5.76 Å². The van der Waals surface area contributed by atoms with Crippen LogP contribution in [0.5, 0.6) is 5.75 Å². The van der Waals surface area contributed by atoms with E-state index >= 15 is 0 Å². The maximum Gasteiger partial charge on any atom is 0.328 e. The van der Waals surface area contributed by atoms with Crippen LogP contribution in [0.1, 0.15) is 24.1 Å². The first kappa shape index (κ1) is 26.7. The van der Waals surface area contributed by atoms with Crippen LogP contribution >= 0.6 is 20.2 Å². The third-order valence-corrected chi connectivity index (χ3v) is 7.35. The highest BCUT2D eigenvalue weighted by Gasteiger charge is 2.41. The van der Waals surface area contributed by atoms with Gasteiger partial charge in [-0.1, -0.05) is 29.8 Å². The number of ether oxygens (including phenoxy) is 3. The summed E-state index contributed by atoms with van der Waals surface area (Å²) in [6.45, 7) is 3.60. The molecule has 2 N–H and O–H groups in total. The number of allylic oxidation sites excluding steroid dienone is 1. The molecule has 10 nitrogen and oxygen atoms in total. The van der Waals surface area contributed by atoms with Crippen molar-refractivity contribution in [1.82, 2.24) is 9.80 Å². The normalized spacial score (nSPS) is 22.6. The van der Waals surface area contributed by atoms with E-state index in [0.717, 1.165) is 22.5 Å². The van der Waals surface area contributed by atoms with E-state index < -0.39 is 8.60 Å². The Hall–Kier alpha value is -2.85. The number of amides is 1. The summed E-state index contributed by atoms with van der Waals surface area (Å²) in [6.07, 6.45) is 3.66. The van der Waals surface area contributed by atoms with Gasteiger partial charge in [0.05, 0.1) is 44.8 Å².